The van der Waals surface area contributed by atoms with Crippen molar-refractivity contribution in [3.8, 4) is 5.75 Å². The fourth-order valence-electron chi connectivity index (χ4n) is 3.34. The second-order valence-corrected chi connectivity index (χ2v) is 7.30. The van der Waals surface area contributed by atoms with E-state index in [1.165, 1.54) is 4.90 Å². The predicted octanol–water partition coefficient (Wildman–Crippen LogP) is 5.05. The molecule has 0 bridgehead atoms. The summed E-state index contributed by atoms with van der Waals surface area (Å²) in [5.74, 6) is -0.266. The molecule has 0 aromatic heterocycles. The molecule has 0 atom stereocenters. The van der Waals surface area contributed by atoms with E-state index in [2.05, 4.69) is 5.32 Å². The van der Waals surface area contributed by atoms with Crippen LogP contribution in [-0.4, -0.2) is 18.9 Å². The van der Waals surface area contributed by atoms with Crippen LogP contribution in [0.3, 0.4) is 0 Å². The number of nitrogens with zero attached hydrogens (tertiary/aromatic N) is 1. The van der Waals surface area contributed by atoms with Gasteiger partial charge < -0.3 is 10.1 Å². The molecule has 150 valence electrons. The Balaban J connectivity index is 1.83. The summed E-state index contributed by atoms with van der Waals surface area (Å²) in [4.78, 5) is 27.9. The van der Waals surface area contributed by atoms with Crippen LogP contribution in [0.4, 0.5) is 11.4 Å². The molecule has 0 aliphatic carbocycles. The average molecular weight is 419 g/mol. The molecule has 30 heavy (non-hydrogen) atoms. The summed E-state index contributed by atoms with van der Waals surface area (Å²) in [6, 6.07) is 21.3. The molecule has 1 N–H and O–H groups in total. The van der Waals surface area contributed by atoms with Gasteiger partial charge in [-0.1, -0.05) is 53.6 Å². The minimum Gasteiger partial charge on any atom is -0.495 e. The van der Waals surface area contributed by atoms with Crippen molar-refractivity contribution in [3.63, 3.8) is 0 Å². The molecule has 3 aromatic rings. The number of aryl methyl sites for hydroxylation is 1. The Morgan fingerprint density at radius 2 is 1.53 bits per heavy atom. The molecule has 0 radical (unpaired) electrons. The quantitative estimate of drug-likeness (QED) is 0.589. The van der Waals surface area contributed by atoms with Crippen molar-refractivity contribution in [2.24, 2.45) is 0 Å². The van der Waals surface area contributed by atoms with Crippen molar-refractivity contribution in [3.05, 3.63) is 94.6 Å². The highest BCUT2D eigenvalue weighted by atomic mass is 35.5. The number of para-hydroxylation sites is 2. The lowest BCUT2D eigenvalue weighted by molar-refractivity contribution is -0.120. The van der Waals surface area contributed by atoms with Crippen LogP contribution in [0.15, 0.2) is 78.5 Å². The number of ether oxygens (including phenoxy) is 1. The maximum absolute atomic E-state index is 13.4. The van der Waals surface area contributed by atoms with Gasteiger partial charge in [0.05, 0.1) is 24.1 Å². The van der Waals surface area contributed by atoms with Crippen molar-refractivity contribution in [2.75, 3.05) is 17.3 Å². The lowest BCUT2D eigenvalue weighted by Crippen LogP contribution is -2.32. The normalized spacial score (nSPS) is 13.8. The van der Waals surface area contributed by atoms with E-state index in [4.69, 9.17) is 16.3 Å². The zero-order valence-corrected chi connectivity index (χ0v) is 17.2. The molecule has 0 spiro atoms. The van der Waals surface area contributed by atoms with Gasteiger partial charge in [-0.15, -0.1) is 0 Å². The molecule has 4 rings (SSSR count). The SMILES string of the molecule is COc1ccccc1NC1=C(c2ccc(Cl)cc2)C(=O)N(c2ccc(C)cc2)C1=O. The first-order valence-electron chi connectivity index (χ1n) is 9.35. The summed E-state index contributed by atoms with van der Waals surface area (Å²) >= 11 is 6.02. The van der Waals surface area contributed by atoms with Crippen LogP contribution in [0.2, 0.25) is 5.02 Å². The number of hydrogen-bond donors (Lipinski definition) is 1. The fourth-order valence-corrected chi connectivity index (χ4v) is 3.47. The average Bonchev–Trinajstić information content (AvgIpc) is 2.99. The molecule has 1 heterocycles. The minimum absolute atomic E-state index is 0.187. The second kappa shape index (κ2) is 8.05. The molecule has 1 aliphatic rings. The summed E-state index contributed by atoms with van der Waals surface area (Å²) < 4.78 is 5.39. The van der Waals surface area contributed by atoms with Crippen LogP contribution in [0.5, 0.6) is 5.75 Å². The summed E-state index contributed by atoms with van der Waals surface area (Å²) in [6.45, 7) is 1.95. The molecule has 1 aliphatic heterocycles. The first kappa shape index (κ1) is 19.7. The molecule has 0 saturated heterocycles. The van der Waals surface area contributed by atoms with E-state index in [1.807, 2.05) is 31.2 Å². The predicted molar refractivity (Wildman–Crippen MR) is 119 cm³/mol. The molecular formula is C24H19ClN2O3. The highest BCUT2D eigenvalue weighted by Crippen LogP contribution is 2.35. The Labute approximate surface area is 179 Å². The Morgan fingerprint density at radius 3 is 2.20 bits per heavy atom. The first-order valence-corrected chi connectivity index (χ1v) is 9.73. The standard InChI is InChI=1S/C24H19ClN2O3/c1-15-7-13-18(14-8-15)27-23(28)21(16-9-11-17(25)12-10-16)22(24(27)29)26-19-5-3-4-6-20(19)30-2/h3-14,26H,1-2H3. The highest BCUT2D eigenvalue weighted by Gasteiger charge is 2.40. The van der Waals surface area contributed by atoms with Gasteiger partial charge in [-0.2, -0.15) is 0 Å². The van der Waals surface area contributed by atoms with Crippen molar-refractivity contribution in [1.82, 2.24) is 0 Å². The van der Waals surface area contributed by atoms with Gasteiger partial charge in [0.2, 0.25) is 0 Å². The van der Waals surface area contributed by atoms with Gasteiger partial charge in [-0.05, 0) is 48.9 Å². The van der Waals surface area contributed by atoms with Gasteiger partial charge in [0.1, 0.15) is 11.4 Å². The largest absolute Gasteiger partial charge is 0.495 e. The Kier molecular flexibility index (Phi) is 5.29. The van der Waals surface area contributed by atoms with E-state index < -0.39 is 11.8 Å². The van der Waals surface area contributed by atoms with Crippen LogP contribution in [0.25, 0.3) is 5.57 Å². The highest BCUT2D eigenvalue weighted by molar-refractivity contribution is 6.46. The third-order valence-electron chi connectivity index (χ3n) is 4.88. The van der Waals surface area contributed by atoms with Gasteiger partial charge in [0.15, 0.2) is 0 Å². The summed E-state index contributed by atoms with van der Waals surface area (Å²) in [7, 11) is 1.55. The number of rotatable bonds is 5. The fraction of sp³-hybridized carbons (Fsp3) is 0.0833. The monoisotopic (exact) mass is 418 g/mol. The zero-order chi connectivity index (χ0) is 21.3. The Hall–Kier alpha value is -3.57. The molecule has 2 amide bonds. The van der Waals surface area contributed by atoms with E-state index in [1.54, 1.807) is 55.6 Å². The Bertz CT molecular complexity index is 1150. The Morgan fingerprint density at radius 1 is 0.867 bits per heavy atom. The van der Waals surface area contributed by atoms with Crippen molar-refractivity contribution >= 4 is 40.4 Å². The number of amides is 2. The number of hydrogen-bond acceptors (Lipinski definition) is 4. The van der Waals surface area contributed by atoms with Gasteiger partial charge in [-0.3, -0.25) is 9.59 Å². The smallest absolute Gasteiger partial charge is 0.282 e. The van der Waals surface area contributed by atoms with E-state index in [0.717, 1.165) is 5.56 Å². The second-order valence-electron chi connectivity index (χ2n) is 6.86. The number of halogens is 1. The van der Waals surface area contributed by atoms with Crippen LogP contribution in [-0.2, 0) is 9.59 Å². The molecular weight excluding hydrogens is 400 g/mol. The summed E-state index contributed by atoms with van der Waals surface area (Å²) in [5, 5.41) is 3.67. The molecule has 3 aromatic carbocycles. The number of benzene rings is 3. The molecule has 0 fully saturated rings. The molecule has 0 saturated carbocycles. The number of methoxy groups -OCH3 is 1. The van der Waals surface area contributed by atoms with Crippen molar-refractivity contribution < 1.29 is 14.3 Å². The lowest BCUT2D eigenvalue weighted by Gasteiger charge is -2.16. The van der Waals surface area contributed by atoms with E-state index in [0.29, 0.717) is 27.7 Å². The van der Waals surface area contributed by atoms with Crippen LogP contribution in [0.1, 0.15) is 11.1 Å². The number of carbonyl (C=O) groups excluding carboxylic acids is 2. The first-order chi connectivity index (χ1) is 14.5. The van der Waals surface area contributed by atoms with Crippen LogP contribution in [0, 0.1) is 6.92 Å². The third-order valence-corrected chi connectivity index (χ3v) is 5.13. The number of anilines is 2. The summed E-state index contributed by atoms with van der Waals surface area (Å²) in [5.41, 5.74) is 3.21. The summed E-state index contributed by atoms with van der Waals surface area (Å²) in [6.07, 6.45) is 0. The van der Waals surface area contributed by atoms with Gasteiger partial charge in [-0.25, -0.2) is 4.90 Å². The third kappa shape index (κ3) is 3.55. The number of imide groups is 1. The van der Waals surface area contributed by atoms with Crippen molar-refractivity contribution in [1.29, 1.82) is 0 Å². The molecule has 6 heteroatoms. The van der Waals surface area contributed by atoms with Gasteiger partial charge in [0, 0.05) is 5.02 Å². The van der Waals surface area contributed by atoms with Crippen LogP contribution >= 0.6 is 11.6 Å². The number of carbonyl (C=O) groups is 2. The van der Waals surface area contributed by atoms with Crippen LogP contribution < -0.4 is 15.0 Å². The molecule has 0 unspecified atom stereocenters. The van der Waals surface area contributed by atoms with Gasteiger partial charge >= 0.3 is 0 Å². The van der Waals surface area contributed by atoms with E-state index in [9.17, 15) is 9.59 Å². The van der Waals surface area contributed by atoms with Gasteiger partial charge in [0.25, 0.3) is 11.8 Å². The zero-order valence-electron chi connectivity index (χ0n) is 16.5. The minimum atomic E-state index is -0.431. The maximum Gasteiger partial charge on any atom is 0.282 e. The van der Waals surface area contributed by atoms with E-state index >= 15 is 0 Å². The van der Waals surface area contributed by atoms with E-state index in [-0.39, 0.29) is 11.3 Å². The van der Waals surface area contributed by atoms with Crippen molar-refractivity contribution in [2.45, 2.75) is 6.92 Å². The molecule has 5 nitrogen and oxygen atoms in total. The lowest BCUT2D eigenvalue weighted by atomic mass is 10.0. The number of nitrogens with one attached hydrogen (secondary N) is 1. The maximum atomic E-state index is 13.4. The topological polar surface area (TPSA) is 58.6 Å².